The molecule has 0 saturated carbocycles. The number of hydrogen-bond donors (Lipinski definition) is 3. The molecule has 0 aliphatic rings. The number of nitrogens with two attached hydrogens (primary N) is 2. The number of anilines is 1. The molecule has 7 nitrogen and oxygen atoms in total. The largest absolute Gasteiger partial charge is 0.364 e. The van der Waals surface area contributed by atoms with Crippen LogP contribution in [0.4, 0.5) is 5.69 Å². The Hall–Kier alpha value is -3.45. The molecule has 0 saturated heterocycles. The van der Waals surface area contributed by atoms with E-state index in [0.29, 0.717) is 12.1 Å². The lowest BCUT2D eigenvalue weighted by Crippen LogP contribution is -2.18. The molecule has 0 unspecified atom stereocenters. The van der Waals surface area contributed by atoms with Gasteiger partial charge in [0.1, 0.15) is 0 Å². The number of amides is 2. The Morgan fingerprint density at radius 1 is 1.08 bits per heavy atom. The third-order valence-corrected chi connectivity index (χ3v) is 3.64. The zero-order chi connectivity index (χ0) is 17.8. The van der Waals surface area contributed by atoms with E-state index in [0.717, 1.165) is 11.3 Å². The molecule has 0 bridgehead atoms. The molecule has 3 rings (SSSR count). The van der Waals surface area contributed by atoms with Crippen molar-refractivity contribution in [1.29, 1.82) is 0 Å². The fraction of sp³-hybridized carbons (Fsp3) is 0.0556. The molecule has 7 heteroatoms. The zero-order valence-electron chi connectivity index (χ0n) is 13.3. The summed E-state index contributed by atoms with van der Waals surface area (Å²) in [6, 6.07) is 16.2. The summed E-state index contributed by atoms with van der Waals surface area (Å²) in [4.78, 5) is 24.1. The number of carbonyl (C=O) groups excluding carboxylic acids is 2. The Kier molecular flexibility index (Phi) is 4.58. The second kappa shape index (κ2) is 6.98. The molecule has 1 aromatic heterocycles. The Morgan fingerprint density at radius 2 is 1.84 bits per heavy atom. The van der Waals surface area contributed by atoms with Gasteiger partial charge in [-0.1, -0.05) is 30.3 Å². The van der Waals surface area contributed by atoms with Gasteiger partial charge in [0.05, 0.1) is 17.6 Å². The molecule has 2 amide bonds. The Bertz CT molecular complexity index is 918. The van der Waals surface area contributed by atoms with Gasteiger partial charge in [0.15, 0.2) is 5.69 Å². The zero-order valence-corrected chi connectivity index (χ0v) is 13.3. The molecular weight excluding hydrogens is 318 g/mol. The Labute approximate surface area is 144 Å². The normalized spacial score (nSPS) is 10.4. The number of aromatic nitrogens is 2. The Morgan fingerprint density at radius 3 is 2.52 bits per heavy atom. The summed E-state index contributed by atoms with van der Waals surface area (Å²) in [5.41, 5.74) is 13.2. The van der Waals surface area contributed by atoms with E-state index in [4.69, 9.17) is 11.5 Å². The van der Waals surface area contributed by atoms with Gasteiger partial charge >= 0.3 is 0 Å². The highest BCUT2D eigenvalue weighted by atomic mass is 16.2. The van der Waals surface area contributed by atoms with Crippen LogP contribution in [0.15, 0.2) is 60.8 Å². The predicted octanol–water partition coefficient (Wildman–Crippen LogP) is 1.68. The van der Waals surface area contributed by atoms with E-state index < -0.39 is 5.91 Å². The molecule has 0 aliphatic heterocycles. The van der Waals surface area contributed by atoms with E-state index in [9.17, 15) is 9.59 Å². The van der Waals surface area contributed by atoms with E-state index in [2.05, 4.69) is 10.4 Å². The summed E-state index contributed by atoms with van der Waals surface area (Å²) in [5, 5.41) is 6.85. The minimum absolute atomic E-state index is 0.00724. The lowest BCUT2D eigenvalue weighted by atomic mass is 10.1. The van der Waals surface area contributed by atoms with Crippen molar-refractivity contribution in [2.75, 3.05) is 5.32 Å². The molecule has 3 aromatic rings. The standard InChI is InChI=1S/C18H17N5O2/c19-10-12-5-4-6-13(9-12)18(25)21-15-11-23(22-16(15)17(20)24)14-7-2-1-3-8-14/h1-9,11H,10,19H2,(H2,20,24)(H,21,25). The summed E-state index contributed by atoms with van der Waals surface area (Å²) < 4.78 is 1.49. The van der Waals surface area contributed by atoms with Gasteiger partial charge in [-0.05, 0) is 29.8 Å². The van der Waals surface area contributed by atoms with Crippen molar-refractivity contribution in [1.82, 2.24) is 9.78 Å². The number of rotatable bonds is 5. The average molecular weight is 335 g/mol. The van der Waals surface area contributed by atoms with Gasteiger partial charge in [-0.3, -0.25) is 9.59 Å². The lowest BCUT2D eigenvalue weighted by molar-refractivity contribution is 0.0996. The summed E-state index contributed by atoms with van der Waals surface area (Å²) in [6.07, 6.45) is 1.56. The molecular formula is C18H17N5O2. The maximum Gasteiger partial charge on any atom is 0.271 e. The van der Waals surface area contributed by atoms with Crippen molar-refractivity contribution in [3.63, 3.8) is 0 Å². The highest BCUT2D eigenvalue weighted by molar-refractivity contribution is 6.08. The second-order valence-electron chi connectivity index (χ2n) is 5.39. The first-order valence-electron chi connectivity index (χ1n) is 7.63. The van der Waals surface area contributed by atoms with Crippen LogP contribution in [-0.4, -0.2) is 21.6 Å². The van der Waals surface area contributed by atoms with Crippen LogP contribution in [0, 0.1) is 0 Å². The van der Waals surface area contributed by atoms with Crippen molar-refractivity contribution in [3.05, 3.63) is 77.6 Å². The van der Waals surface area contributed by atoms with E-state index in [1.54, 1.807) is 24.4 Å². The van der Waals surface area contributed by atoms with Crippen LogP contribution < -0.4 is 16.8 Å². The molecule has 2 aromatic carbocycles. The van der Waals surface area contributed by atoms with Crippen molar-refractivity contribution < 1.29 is 9.59 Å². The smallest absolute Gasteiger partial charge is 0.271 e. The molecule has 0 aliphatic carbocycles. The summed E-state index contributed by atoms with van der Waals surface area (Å²) in [6.45, 7) is 0.333. The van der Waals surface area contributed by atoms with Gasteiger partial charge in [0.25, 0.3) is 11.8 Å². The van der Waals surface area contributed by atoms with Crippen LogP contribution in [0.3, 0.4) is 0 Å². The molecule has 0 radical (unpaired) electrons. The monoisotopic (exact) mass is 335 g/mol. The summed E-state index contributed by atoms with van der Waals surface area (Å²) in [7, 11) is 0. The minimum Gasteiger partial charge on any atom is -0.364 e. The number of benzene rings is 2. The molecule has 5 N–H and O–H groups in total. The summed E-state index contributed by atoms with van der Waals surface area (Å²) >= 11 is 0. The van der Waals surface area contributed by atoms with Gasteiger partial charge in [-0.25, -0.2) is 4.68 Å². The van der Waals surface area contributed by atoms with Gasteiger partial charge in [0.2, 0.25) is 0 Å². The third-order valence-electron chi connectivity index (χ3n) is 3.64. The Balaban J connectivity index is 1.92. The SMILES string of the molecule is NCc1cccc(C(=O)Nc2cn(-c3ccccc3)nc2C(N)=O)c1. The summed E-state index contributed by atoms with van der Waals surface area (Å²) in [5.74, 6) is -1.09. The molecule has 0 spiro atoms. The van der Waals surface area contributed by atoms with Gasteiger partial charge in [-0.15, -0.1) is 0 Å². The molecule has 0 fully saturated rings. The highest BCUT2D eigenvalue weighted by Crippen LogP contribution is 2.18. The average Bonchev–Trinajstić information content (AvgIpc) is 3.06. The molecule has 25 heavy (non-hydrogen) atoms. The van der Waals surface area contributed by atoms with E-state index in [1.165, 1.54) is 4.68 Å². The van der Waals surface area contributed by atoms with E-state index in [-0.39, 0.29) is 17.3 Å². The van der Waals surface area contributed by atoms with Crippen LogP contribution in [-0.2, 0) is 6.54 Å². The van der Waals surface area contributed by atoms with Crippen molar-refractivity contribution in [2.45, 2.75) is 6.54 Å². The molecule has 0 atom stereocenters. The van der Waals surface area contributed by atoms with Gasteiger partial charge in [0, 0.05) is 12.1 Å². The van der Waals surface area contributed by atoms with Gasteiger partial charge in [-0.2, -0.15) is 5.10 Å². The molecule has 1 heterocycles. The maximum atomic E-state index is 12.5. The first-order chi connectivity index (χ1) is 12.1. The van der Waals surface area contributed by atoms with Crippen LogP contribution >= 0.6 is 0 Å². The fourth-order valence-electron chi connectivity index (χ4n) is 2.39. The van der Waals surface area contributed by atoms with Crippen LogP contribution in [0.2, 0.25) is 0 Å². The van der Waals surface area contributed by atoms with Gasteiger partial charge < -0.3 is 16.8 Å². The first-order valence-corrected chi connectivity index (χ1v) is 7.63. The fourth-order valence-corrected chi connectivity index (χ4v) is 2.39. The van der Waals surface area contributed by atoms with E-state index >= 15 is 0 Å². The number of carbonyl (C=O) groups is 2. The minimum atomic E-state index is -0.722. The number of para-hydroxylation sites is 1. The number of primary amides is 1. The second-order valence-corrected chi connectivity index (χ2v) is 5.39. The molecule has 126 valence electrons. The van der Waals surface area contributed by atoms with Crippen LogP contribution in [0.25, 0.3) is 5.69 Å². The van der Waals surface area contributed by atoms with Crippen molar-refractivity contribution in [3.8, 4) is 5.69 Å². The topological polar surface area (TPSA) is 116 Å². The third kappa shape index (κ3) is 3.56. The van der Waals surface area contributed by atoms with Crippen LogP contribution in [0.5, 0.6) is 0 Å². The van der Waals surface area contributed by atoms with Crippen molar-refractivity contribution >= 4 is 17.5 Å². The van der Waals surface area contributed by atoms with Crippen LogP contribution in [0.1, 0.15) is 26.4 Å². The number of hydrogen-bond acceptors (Lipinski definition) is 4. The predicted molar refractivity (Wildman–Crippen MR) is 94.4 cm³/mol. The first kappa shape index (κ1) is 16.4. The number of nitrogens with one attached hydrogen (secondary N) is 1. The van der Waals surface area contributed by atoms with E-state index in [1.807, 2.05) is 36.4 Å². The van der Waals surface area contributed by atoms with Crippen molar-refractivity contribution in [2.24, 2.45) is 11.5 Å². The maximum absolute atomic E-state index is 12.5. The quantitative estimate of drug-likeness (QED) is 0.658. The highest BCUT2D eigenvalue weighted by Gasteiger charge is 2.18. The number of nitrogens with zero attached hydrogens (tertiary/aromatic N) is 2. The lowest BCUT2D eigenvalue weighted by Gasteiger charge is -2.05.